The van der Waals surface area contributed by atoms with Gasteiger partial charge in [0.15, 0.2) is 0 Å². The highest BCUT2D eigenvalue weighted by Crippen LogP contribution is 2.18. The largest absolute Gasteiger partial charge is 0.493 e. The topological polar surface area (TPSA) is 64.3 Å². The molecule has 0 spiro atoms. The molecule has 0 saturated heterocycles. The third-order valence-electron chi connectivity index (χ3n) is 2.67. The maximum absolute atomic E-state index is 13.0. The second-order valence-corrected chi connectivity index (χ2v) is 5.26. The number of nitrogens with two attached hydrogens (primary N) is 1. The van der Waals surface area contributed by atoms with Gasteiger partial charge >= 0.3 is 0 Å². The lowest BCUT2D eigenvalue weighted by atomic mass is 10.2. The van der Waals surface area contributed by atoms with Gasteiger partial charge in [0.1, 0.15) is 11.6 Å². The molecule has 1 amide bonds. The van der Waals surface area contributed by atoms with E-state index in [4.69, 9.17) is 10.5 Å². The van der Waals surface area contributed by atoms with Gasteiger partial charge in [0, 0.05) is 10.2 Å². The van der Waals surface area contributed by atoms with Crippen molar-refractivity contribution in [3.05, 3.63) is 52.8 Å². The van der Waals surface area contributed by atoms with Crippen LogP contribution in [0.15, 0.2) is 46.9 Å². The molecule has 0 aliphatic carbocycles. The standard InChI is InChI=1S/C15H14BrFN2O2/c16-10-2-1-3-12(8-10)21-7-6-15(20)19-11-4-5-13(17)14(18)9-11/h1-5,8-9H,6-7,18H2,(H,19,20). The van der Waals surface area contributed by atoms with Crippen molar-refractivity contribution in [1.82, 2.24) is 0 Å². The summed E-state index contributed by atoms with van der Waals surface area (Å²) in [5.41, 5.74) is 5.89. The molecule has 0 fully saturated rings. The third kappa shape index (κ3) is 4.75. The number of anilines is 2. The second kappa shape index (κ2) is 7.08. The van der Waals surface area contributed by atoms with Gasteiger partial charge < -0.3 is 15.8 Å². The van der Waals surface area contributed by atoms with Crippen molar-refractivity contribution in [2.75, 3.05) is 17.7 Å². The van der Waals surface area contributed by atoms with Gasteiger partial charge in [-0.05, 0) is 36.4 Å². The minimum Gasteiger partial charge on any atom is -0.493 e. The Kier molecular flexibility index (Phi) is 5.16. The molecule has 2 rings (SSSR count). The van der Waals surface area contributed by atoms with Crippen molar-refractivity contribution < 1.29 is 13.9 Å². The van der Waals surface area contributed by atoms with Gasteiger partial charge in [-0.1, -0.05) is 22.0 Å². The van der Waals surface area contributed by atoms with Gasteiger partial charge in [0.25, 0.3) is 0 Å². The number of nitrogens with one attached hydrogen (secondary N) is 1. The highest BCUT2D eigenvalue weighted by Gasteiger charge is 2.05. The first-order chi connectivity index (χ1) is 10.0. The predicted molar refractivity (Wildman–Crippen MR) is 83.7 cm³/mol. The molecule has 0 bridgehead atoms. The molecule has 4 nitrogen and oxygen atoms in total. The van der Waals surface area contributed by atoms with Crippen molar-refractivity contribution in [2.45, 2.75) is 6.42 Å². The number of carbonyl (C=O) groups excluding carboxylic acids is 1. The fourth-order valence-corrected chi connectivity index (χ4v) is 2.04. The Morgan fingerprint density at radius 3 is 2.81 bits per heavy atom. The highest BCUT2D eigenvalue weighted by atomic mass is 79.9. The lowest BCUT2D eigenvalue weighted by Crippen LogP contribution is -2.15. The molecule has 0 aliphatic rings. The Hall–Kier alpha value is -2.08. The number of hydrogen-bond acceptors (Lipinski definition) is 3. The quantitative estimate of drug-likeness (QED) is 0.808. The summed E-state index contributed by atoms with van der Waals surface area (Å²) in [6.07, 6.45) is 0.184. The van der Waals surface area contributed by atoms with Crippen LogP contribution in [0.4, 0.5) is 15.8 Å². The van der Waals surface area contributed by atoms with E-state index in [-0.39, 0.29) is 24.6 Å². The molecule has 110 valence electrons. The Bertz CT molecular complexity index is 649. The second-order valence-electron chi connectivity index (χ2n) is 4.34. The average Bonchev–Trinajstić information content (AvgIpc) is 2.43. The summed E-state index contributed by atoms with van der Waals surface area (Å²) in [4.78, 5) is 11.7. The van der Waals surface area contributed by atoms with Crippen LogP contribution in [0.3, 0.4) is 0 Å². The van der Waals surface area contributed by atoms with E-state index in [9.17, 15) is 9.18 Å². The highest BCUT2D eigenvalue weighted by molar-refractivity contribution is 9.10. The van der Waals surface area contributed by atoms with Gasteiger partial charge in [-0.25, -0.2) is 4.39 Å². The first kappa shape index (κ1) is 15.3. The summed E-state index contributed by atoms with van der Waals surface area (Å²) in [7, 11) is 0. The fraction of sp³-hybridized carbons (Fsp3) is 0.133. The lowest BCUT2D eigenvalue weighted by molar-refractivity contribution is -0.116. The summed E-state index contributed by atoms with van der Waals surface area (Å²) in [5.74, 6) is -0.0507. The first-order valence-electron chi connectivity index (χ1n) is 6.28. The molecule has 0 aromatic heterocycles. The molecule has 3 N–H and O–H groups in total. The molecule has 0 heterocycles. The maximum atomic E-state index is 13.0. The monoisotopic (exact) mass is 352 g/mol. The Labute approximate surface area is 130 Å². The number of halogens is 2. The Morgan fingerprint density at radius 2 is 2.10 bits per heavy atom. The van der Waals surface area contributed by atoms with Crippen LogP contribution in [0.2, 0.25) is 0 Å². The molecule has 21 heavy (non-hydrogen) atoms. The zero-order chi connectivity index (χ0) is 15.2. The van der Waals surface area contributed by atoms with Crippen LogP contribution in [0, 0.1) is 5.82 Å². The van der Waals surface area contributed by atoms with E-state index in [1.165, 1.54) is 18.2 Å². The van der Waals surface area contributed by atoms with Crippen LogP contribution in [0.25, 0.3) is 0 Å². The van der Waals surface area contributed by atoms with Gasteiger partial charge in [0.2, 0.25) is 5.91 Å². The molecular formula is C15H14BrFN2O2. The predicted octanol–water partition coefficient (Wildman–Crippen LogP) is 3.58. The van der Waals surface area contributed by atoms with E-state index >= 15 is 0 Å². The Morgan fingerprint density at radius 1 is 1.29 bits per heavy atom. The molecule has 0 aliphatic heterocycles. The van der Waals surface area contributed by atoms with Gasteiger partial charge in [-0.3, -0.25) is 4.79 Å². The minimum absolute atomic E-state index is 0.00168. The summed E-state index contributed by atoms with van der Waals surface area (Å²) in [6, 6.07) is 11.4. The van der Waals surface area contributed by atoms with E-state index in [2.05, 4.69) is 21.2 Å². The van der Waals surface area contributed by atoms with Crippen molar-refractivity contribution in [3.63, 3.8) is 0 Å². The summed E-state index contributed by atoms with van der Waals surface area (Å²) < 4.78 is 19.4. The number of ether oxygens (including phenoxy) is 1. The fourth-order valence-electron chi connectivity index (χ4n) is 1.66. The smallest absolute Gasteiger partial charge is 0.227 e. The Balaban J connectivity index is 1.81. The zero-order valence-corrected chi connectivity index (χ0v) is 12.7. The average molecular weight is 353 g/mol. The van der Waals surface area contributed by atoms with Gasteiger partial charge in [-0.15, -0.1) is 0 Å². The van der Waals surface area contributed by atoms with Crippen LogP contribution in [0.1, 0.15) is 6.42 Å². The number of amides is 1. The number of carbonyl (C=O) groups is 1. The molecular weight excluding hydrogens is 339 g/mol. The molecule has 0 atom stereocenters. The van der Waals surface area contributed by atoms with Gasteiger partial charge in [0.05, 0.1) is 18.7 Å². The number of rotatable bonds is 5. The minimum atomic E-state index is -0.508. The van der Waals surface area contributed by atoms with Crippen molar-refractivity contribution in [1.29, 1.82) is 0 Å². The van der Waals surface area contributed by atoms with Crippen molar-refractivity contribution in [3.8, 4) is 5.75 Å². The lowest BCUT2D eigenvalue weighted by Gasteiger charge is -2.08. The summed E-state index contributed by atoms with van der Waals surface area (Å²) >= 11 is 3.34. The normalized spacial score (nSPS) is 10.2. The van der Waals surface area contributed by atoms with Crippen molar-refractivity contribution >= 4 is 33.2 Å². The van der Waals surface area contributed by atoms with Crippen LogP contribution >= 0.6 is 15.9 Å². The van der Waals surface area contributed by atoms with E-state index < -0.39 is 5.82 Å². The molecule has 0 radical (unpaired) electrons. The summed E-state index contributed by atoms with van der Waals surface area (Å²) in [6.45, 7) is 0.249. The molecule has 0 unspecified atom stereocenters. The number of benzene rings is 2. The van der Waals surface area contributed by atoms with Gasteiger partial charge in [-0.2, -0.15) is 0 Å². The number of hydrogen-bond donors (Lipinski definition) is 2. The SMILES string of the molecule is Nc1cc(NC(=O)CCOc2cccc(Br)c2)ccc1F. The summed E-state index contributed by atoms with van der Waals surface area (Å²) in [5, 5.41) is 2.63. The molecule has 2 aromatic carbocycles. The van der Waals surface area contributed by atoms with Crippen molar-refractivity contribution in [2.24, 2.45) is 0 Å². The van der Waals surface area contributed by atoms with Crippen LogP contribution < -0.4 is 15.8 Å². The van der Waals surface area contributed by atoms with E-state index in [1.54, 1.807) is 0 Å². The molecule has 0 saturated carbocycles. The van der Waals surface area contributed by atoms with Crippen LogP contribution in [-0.4, -0.2) is 12.5 Å². The van der Waals surface area contributed by atoms with E-state index in [0.29, 0.717) is 11.4 Å². The third-order valence-corrected chi connectivity index (χ3v) is 3.17. The van der Waals surface area contributed by atoms with Crippen LogP contribution in [0.5, 0.6) is 5.75 Å². The molecule has 2 aromatic rings. The first-order valence-corrected chi connectivity index (χ1v) is 7.07. The van der Waals surface area contributed by atoms with E-state index in [0.717, 1.165) is 4.47 Å². The number of nitrogen functional groups attached to an aromatic ring is 1. The molecule has 6 heteroatoms. The van der Waals surface area contributed by atoms with Crippen LogP contribution in [-0.2, 0) is 4.79 Å². The zero-order valence-electron chi connectivity index (χ0n) is 11.1. The maximum Gasteiger partial charge on any atom is 0.227 e. The van der Waals surface area contributed by atoms with E-state index in [1.807, 2.05) is 24.3 Å².